The van der Waals surface area contributed by atoms with Crippen LogP contribution in [0, 0.1) is 0 Å². The highest BCUT2D eigenvalue weighted by Gasteiger charge is 2.17. The first-order chi connectivity index (χ1) is 7.00. The van der Waals surface area contributed by atoms with E-state index < -0.39 is 0 Å². The minimum Gasteiger partial charge on any atom is -0.313 e. The van der Waals surface area contributed by atoms with Gasteiger partial charge in [0.15, 0.2) is 0 Å². The first kappa shape index (κ1) is 9.90. The SMILES string of the molecule is CC(C)(C)c1cccc2c(=O)[nH]cnc12. The molecule has 15 heavy (non-hydrogen) atoms. The predicted octanol–water partition coefficient (Wildman–Crippen LogP) is 2.22. The lowest BCUT2D eigenvalue weighted by atomic mass is 9.85. The molecule has 0 unspecified atom stereocenters. The molecule has 0 amide bonds. The lowest BCUT2D eigenvalue weighted by Gasteiger charge is -2.19. The van der Waals surface area contributed by atoms with Gasteiger partial charge in [-0.05, 0) is 17.0 Å². The monoisotopic (exact) mass is 202 g/mol. The van der Waals surface area contributed by atoms with Crippen LogP contribution >= 0.6 is 0 Å². The Morgan fingerprint density at radius 2 is 2.00 bits per heavy atom. The van der Waals surface area contributed by atoms with Gasteiger partial charge < -0.3 is 4.98 Å². The van der Waals surface area contributed by atoms with E-state index >= 15 is 0 Å². The summed E-state index contributed by atoms with van der Waals surface area (Å²) >= 11 is 0. The van der Waals surface area contributed by atoms with Gasteiger partial charge in [-0.25, -0.2) is 4.98 Å². The first-order valence-electron chi connectivity index (χ1n) is 4.97. The zero-order valence-electron chi connectivity index (χ0n) is 9.16. The van der Waals surface area contributed by atoms with Gasteiger partial charge in [-0.2, -0.15) is 0 Å². The largest absolute Gasteiger partial charge is 0.313 e. The molecule has 1 aromatic carbocycles. The topological polar surface area (TPSA) is 45.8 Å². The molecule has 3 heteroatoms. The Hall–Kier alpha value is -1.64. The van der Waals surface area contributed by atoms with E-state index in [2.05, 4.69) is 30.7 Å². The fraction of sp³-hybridized carbons (Fsp3) is 0.333. The molecule has 0 bridgehead atoms. The molecule has 0 aliphatic heterocycles. The van der Waals surface area contributed by atoms with Crippen LogP contribution in [0.4, 0.5) is 0 Å². The van der Waals surface area contributed by atoms with Gasteiger partial charge in [0.2, 0.25) is 0 Å². The van der Waals surface area contributed by atoms with Crippen molar-refractivity contribution in [1.82, 2.24) is 9.97 Å². The number of hydrogen-bond acceptors (Lipinski definition) is 2. The summed E-state index contributed by atoms with van der Waals surface area (Å²) in [5.41, 5.74) is 1.83. The molecular formula is C12H14N2O. The van der Waals surface area contributed by atoms with Crippen LogP contribution in [-0.2, 0) is 5.41 Å². The molecule has 78 valence electrons. The van der Waals surface area contributed by atoms with E-state index in [1.54, 1.807) is 6.07 Å². The number of nitrogens with zero attached hydrogens (tertiary/aromatic N) is 1. The number of hydrogen-bond donors (Lipinski definition) is 1. The molecule has 1 heterocycles. The van der Waals surface area contributed by atoms with E-state index in [9.17, 15) is 4.79 Å². The van der Waals surface area contributed by atoms with E-state index in [1.807, 2.05) is 12.1 Å². The predicted molar refractivity (Wildman–Crippen MR) is 61.1 cm³/mol. The second-order valence-electron chi connectivity index (χ2n) is 4.68. The van der Waals surface area contributed by atoms with Crippen LogP contribution in [0.2, 0.25) is 0 Å². The van der Waals surface area contributed by atoms with E-state index in [4.69, 9.17) is 0 Å². The molecule has 0 aliphatic carbocycles. The quantitative estimate of drug-likeness (QED) is 0.712. The number of nitrogens with one attached hydrogen (secondary N) is 1. The Bertz CT molecular complexity index is 549. The van der Waals surface area contributed by atoms with Gasteiger partial charge in [-0.1, -0.05) is 32.9 Å². The third-order valence-electron chi connectivity index (χ3n) is 2.48. The number of rotatable bonds is 0. The van der Waals surface area contributed by atoms with Crippen molar-refractivity contribution in [1.29, 1.82) is 0 Å². The smallest absolute Gasteiger partial charge is 0.258 e. The molecule has 0 fully saturated rings. The van der Waals surface area contributed by atoms with Crippen LogP contribution in [0.3, 0.4) is 0 Å². The molecule has 2 aromatic rings. The van der Waals surface area contributed by atoms with Crippen molar-refractivity contribution < 1.29 is 0 Å². The van der Waals surface area contributed by atoms with Crippen LogP contribution in [0.15, 0.2) is 29.3 Å². The summed E-state index contributed by atoms with van der Waals surface area (Å²) in [6.45, 7) is 6.35. The highest BCUT2D eigenvalue weighted by molar-refractivity contribution is 5.81. The summed E-state index contributed by atoms with van der Waals surface area (Å²) in [4.78, 5) is 18.4. The number of aromatic amines is 1. The molecule has 1 aromatic heterocycles. The first-order valence-corrected chi connectivity index (χ1v) is 4.97. The van der Waals surface area contributed by atoms with Crippen molar-refractivity contribution in [2.75, 3.05) is 0 Å². The van der Waals surface area contributed by atoms with Gasteiger partial charge in [-0.3, -0.25) is 4.79 Å². The molecule has 2 rings (SSSR count). The van der Waals surface area contributed by atoms with Crippen LogP contribution in [0.5, 0.6) is 0 Å². The minimum atomic E-state index is -0.0777. The van der Waals surface area contributed by atoms with Gasteiger partial charge in [0, 0.05) is 0 Å². The summed E-state index contributed by atoms with van der Waals surface area (Å²) in [6, 6.07) is 5.73. The number of fused-ring (bicyclic) bond motifs is 1. The highest BCUT2D eigenvalue weighted by Crippen LogP contribution is 2.26. The number of H-pyrrole nitrogens is 1. The maximum absolute atomic E-state index is 11.6. The van der Waals surface area contributed by atoms with Crippen molar-refractivity contribution in [3.05, 3.63) is 40.4 Å². The summed E-state index contributed by atoms with van der Waals surface area (Å²) in [7, 11) is 0. The van der Waals surface area contributed by atoms with E-state index in [0.29, 0.717) is 5.39 Å². The van der Waals surface area contributed by atoms with E-state index in [1.165, 1.54) is 6.33 Å². The van der Waals surface area contributed by atoms with Crippen molar-refractivity contribution in [3.8, 4) is 0 Å². The van der Waals surface area contributed by atoms with Crippen LogP contribution < -0.4 is 5.56 Å². The van der Waals surface area contributed by atoms with Gasteiger partial charge >= 0.3 is 0 Å². The lowest BCUT2D eigenvalue weighted by molar-refractivity contribution is 0.594. The Kier molecular flexibility index (Phi) is 2.11. The number of para-hydroxylation sites is 1. The van der Waals surface area contributed by atoms with Gasteiger partial charge in [-0.15, -0.1) is 0 Å². The van der Waals surface area contributed by atoms with Gasteiger partial charge in [0.05, 0.1) is 17.2 Å². The molecule has 0 atom stereocenters. The van der Waals surface area contributed by atoms with Crippen molar-refractivity contribution in [3.63, 3.8) is 0 Å². The number of aromatic nitrogens is 2. The maximum Gasteiger partial charge on any atom is 0.258 e. The Morgan fingerprint density at radius 3 is 2.67 bits per heavy atom. The zero-order valence-corrected chi connectivity index (χ0v) is 9.16. The van der Waals surface area contributed by atoms with E-state index in [-0.39, 0.29) is 11.0 Å². The number of benzene rings is 1. The molecule has 0 spiro atoms. The zero-order chi connectivity index (χ0) is 11.1. The fourth-order valence-electron chi connectivity index (χ4n) is 1.70. The van der Waals surface area contributed by atoms with Gasteiger partial charge in [0.25, 0.3) is 5.56 Å². The van der Waals surface area contributed by atoms with Crippen LogP contribution in [0.25, 0.3) is 10.9 Å². The average molecular weight is 202 g/mol. The molecule has 1 N–H and O–H groups in total. The molecule has 0 saturated heterocycles. The van der Waals surface area contributed by atoms with Crippen molar-refractivity contribution >= 4 is 10.9 Å². The molecule has 0 saturated carbocycles. The molecule has 3 nitrogen and oxygen atoms in total. The van der Waals surface area contributed by atoms with Crippen LogP contribution in [0.1, 0.15) is 26.3 Å². The fourth-order valence-corrected chi connectivity index (χ4v) is 1.70. The van der Waals surface area contributed by atoms with Crippen molar-refractivity contribution in [2.45, 2.75) is 26.2 Å². The second-order valence-corrected chi connectivity index (χ2v) is 4.68. The Balaban J connectivity index is 2.89. The standard InChI is InChI=1S/C12H14N2O/c1-12(2,3)9-6-4-5-8-10(9)13-7-14-11(8)15/h4-7H,1-3H3,(H,13,14,15). The second kappa shape index (κ2) is 3.19. The third-order valence-corrected chi connectivity index (χ3v) is 2.48. The molecular weight excluding hydrogens is 188 g/mol. The lowest BCUT2D eigenvalue weighted by Crippen LogP contribution is -2.15. The Labute approximate surface area is 88.2 Å². The summed E-state index contributed by atoms with van der Waals surface area (Å²) in [5, 5.41) is 0.657. The average Bonchev–Trinajstić information content (AvgIpc) is 2.16. The third kappa shape index (κ3) is 1.65. The van der Waals surface area contributed by atoms with Crippen molar-refractivity contribution in [2.24, 2.45) is 0 Å². The highest BCUT2D eigenvalue weighted by atomic mass is 16.1. The summed E-state index contributed by atoms with van der Waals surface area (Å²) in [5.74, 6) is 0. The summed E-state index contributed by atoms with van der Waals surface area (Å²) in [6.07, 6.45) is 1.46. The van der Waals surface area contributed by atoms with Crippen LogP contribution in [-0.4, -0.2) is 9.97 Å². The maximum atomic E-state index is 11.6. The molecule has 0 radical (unpaired) electrons. The normalized spacial score (nSPS) is 11.9. The van der Waals surface area contributed by atoms with E-state index in [0.717, 1.165) is 11.1 Å². The summed E-state index contributed by atoms with van der Waals surface area (Å²) < 4.78 is 0. The Morgan fingerprint density at radius 1 is 1.27 bits per heavy atom. The van der Waals surface area contributed by atoms with Gasteiger partial charge in [0.1, 0.15) is 0 Å². The molecule has 0 aliphatic rings. The minimum absolute atomic E-state index is 0.000301.